The Labute approximate surface area is 114 Å². The van der Waals surface area contributed by atoms with Crippen molar-refractivity contribution in [3.8, 4) is 0 Å². The van der Waals surface area contributed by atoms with Crippen LogP contribution in [0.5, 0.6) is 0 Å². The minimum Gasteiger partial charge on any atom is -0.368 e. The van der Waals surface area contributed by atoms with E-state index in [9.17, 15) is 0 Å². The summed E-state index contributed by atoms with van der Waals surface area (Å²) in [5.74, 6) is 1.12. The Hall–Kier alpha value is -1.94. The van der Waals surface area contributed by atoms with E-state index < -0.39 is 0 Å². The van der Waals surface area contributed by atoms with Crippen LogP contribution in [0.15, 0.2) is 48.8 Å². The Morgan fingerprint density at radius 2 is 1.58 bits per heavy atom. The molecule has 3 N–H and O–H groups in total. The molecular weight excluding hydrogens is 236 g/mol. The van der Waals surface area contributed by atoms with Gasteiger partial charge in [-0.1, -0.05) is 30.3 Å². The summed E-state index contributed by atoms with van der Waals surface area (Å²) in [7, 11) is 0. The van der Waals surface area contributed by atoms with Crippen LogP contribution < -0.4 is 11.1 Å². The second-order valence-electron chi connectivity index (χ2n) is 4.54. The standard InChI is InChI=1S/C11H15N.C4H5N3/c1-2-4-10(5-3-1)11-6-8-12-9-7-11;5-4-6-2-1-3-7-4/h1-5,11-12H,6-9H2;1-3H,(H2,5,6,7). The number of benzene rings is 1. The van der Waals surface area contributed by atoms with Crippen LogP contribution in [0, 0.1) is 0 Å². The van der Waals surface area contributed by atoms with Gasteiger partial charge in [0, 0.05) is 12.4 Å². The molecule has 1 aliphatic rings. The summed E-state index contributed by atoms with van der Waals surface area (Å²) < 4.78 is 0. The van der Waals surface area contributed by atoms with Crippen molar-refractivity contribution in [3.05, 3.63) is 54.4 Å². The highest BCUT2D eigenvalue weighted by atomic mass is 15.0. The minimum absolute atomic E-state index is 0.322. The van der Waals surface area contributed by atoms with Gasteiger partial charge in [-0.2, -0.15) is 0 Å². The first kappa shape index (κ1) is 13.5. The van der Waals surface area contributed by atoms with Crippen molar-refractivity contribution in [2.24, 2.45) is 0 Å². The third-order valence-corrected chi connectivity index (χ3v) is 3.20. The monoisotopic (exact) mass is 256 g/mol. The second kappa shape index (κ2) is 7.48. The molecule has 0 bridgehead atoms. The average Bonchev–Trinajstić information content (AvgIpc) is 2.51. The number of rotatable bonds is 1. The highest BCUT2D eigenvalue weighted by Crippen LogP contribution is 2.24. The summed E-state index contributed by atoms with van der Waals surface area (Å²) >= 11 is 0. The minimum atomic E-state index is 0.322. The molecule has 4 heteroatoms. The lowest BCUT2D eigenvalue weighted by Crippen LogP contribution is -2.26. The van der Waals surface area contributed by atoms with Crippen molar-refractivity contribution in [2.45, 2.75) is 18.8 Å². The zero-order valence-electron chi connectivity index (χ0n) is 11.0. The number of aromatic nitrogens is 2. The number of anilines is 1. The predicted octanol–water partition coefficient (Wildman–Crippen LogP) is 2.21. The van der Waals surface area contributed by atoms with Gasteiger partial charge < -0.3 is 11.1 Å². The molecular formula is C15H20N4. The largest absolute Gasteiger partial charge is 0.368 e. The van der Waals surface area contributed by atoms with Crippen molar-refractivity contribution in [3.63, 3.8) is 0 Å². The summed E-state index contributed by atoms with van der Waals surface area (Å²) in [6, 6.07) is 12.6. The molecule has 0 saturated carbocycles. The Kier molecular flexibility index (Phi) is 5.31. The zero-order valence-corrected chi connectivity index (χ0v) is 11.0. The molecule has 2 aromatic rings. The van der Waals surface area contributed by atoms with Crippen molar-refractivity contribution in [1.82, 2.24) is 15.3 Å². The number of nitrogens with one attached hydrogen (secondary N) is 1. The molecule has 1 saturated heterocycles. The van der Waals surface area contributed by atoms with Gasteiger partial charge in [0.05, 0.1) is 0 Å². The zero-order chi connectivity index (χ0) is 13.3. The summed E-state index contributed by atoms with van der Waals surface area (Å²) in [5, 5.41) is 3.38. The van der Waals surface area contributed by atoms with Crippen molar-refractivity contribution in [2.75, 3.05) is 18.8 Å². The number of nitrogen functional groups attached to an aromatic ring is 1. The number of hydrogen-bond donors (Lipinski definition) is 2. The lowest BCUT2D eigenvalue weighted by molar-refractivity contribution is 0.460. The molecule has 3 rings (SSSR count). The molecule has 100 valence electrons. The highest BCUT2D eigenvalue weighted by Gasteiger charge is 2.13. The number of piperidine rings is 1. The van der Waals surface area contributed by atoms with Gasteiger partial charge >= 0.3 is 0 Å². The molecule has 0 radical (unpaired) electrons. The van der Waals surface area contributed by atoms with E-state index in [2.05, 4.69) is 45.6 Å². The molecule has 4 nitrogen and oxygen atoms in total. The highest BCUT2D eigenvalue weighted by molar-refractivity contribution is 5.19. The maximum atomic E-state index is 5.14. The average molecular weight is 256 g/mol. The first-order chi connectivity index (χ1) is 9.36. The van der Waals surface area contributed by atoms with E-state index in [0.717, 1.165) is 5.92 Å². The molecule has 0 atom stereocenters. The molecule has 0 amide bonds. The van der Waals surface area contributed by atoms with E-state index in [0.29, 0.717) is 5.95 Å². The molecule has 0 spiro atoms. The van der Waals surface area contributed by atoms with Crippen LogP contribution in [0.25, 0.3) is 0 Å². The molecule has 1 aromatic carbocycles. The Morgan fingerprint density at radius 3 is 2.11 bits per heavy atom. The fraction of sp³-hybridized carbons (Fsp3) is 0.333. The molecule has 1 aliphatic heterocycles. The van der Waals surface area contributed by atoms with Crippen LogP contribution in [0.3, 0.4) is 0 Å². The molecule has 0 unspecified atom stereocenters. The first-order valence-corrected chi connectivity index (χ1v) is 6.64. The van der Waals surface area contributed by atoms with Crippen molar-refractivity contribution < 1.29 is 0 Å². The van der Waals surface area contributed by atoms with Crippen LogP contribution in [0.1, 0.15) is 24.3 Å². The molecule has 2 heterocycles. The summed E-state index contributed by atoms with van der Waals surface area (Å²) in [4.78, 5) is 7.29. The predicted molar refractivity (Wildman–Crippen MR) is 77.7 cm³/mol. The van der Waals surface area contributed by atoms with E-state index in [1.165, 1.54) is 31.5 Å². The number of hydrogen-bond acceptors (Lipinski definition) is 4. The summed E-state index contributed by atoms with van der Waals surface area (Å²) in [6.45, 7) is 2.36. The Morgan fingerprint density at radius 1 is 0.947 bits per heavy atom. The Balaban J connectivity index is 0.000000163. The quantitative estimate of drug-likeness (QED) is 0.821. The SMILES string of the molecule is Nc1ncccn1.c1ccc(C2CCNCC2)cc1. The lowest BCUT2D eigenvalue weighted by Gasteiger charge is -2.22. The van der Waals surface area contributed by atoms with E-state index in [-0.39, 0.29) is 0 Å². The van der Waals surface area contributed by atoms with E-state index in [1.807, 2.05) is 0 Å². The van der Waals surface area contributed by atoms with Gasteiger partial charge in [0.1, 0.15) is 0 Å². The summed E-state index contributed by atoms with van der Waals surface area (Å²) in [5.41, 5.74) is 6.65. The van der Waals surface area contributed by atoms with Gasteiger partial charge in [0.25, 0.3) is 0 Å². The van der Waals surface area contributed by atoms with Crippen LogP contribution in [0.4, 0.5) is 5.95 Å². The van der Waals surface area contributed by atoms with Gasteiger partial charge in [-0.05, 0) is 43.5 Å². The Bertz CT molecular complexity index is 452. The van der Waals surface area contributed by atoms with Gasteiger partial charge in [-0.15, -0.1) is 0 Å². The van der Waals surface area contributed by atoms with Crippen molar-refractivity contribution >= 4 is 5.95 Å². The second-order valence-corrected chi connectivity index (χ2v) is 4.54. The molecule has 0 aliphatic carbocycles. The fourth-order valence-electron chi connectivity index (χ4n) is 2.19. The van der Waals surface area contributed by atoms with Gasteiger partial charge in [0.2, 0.25) is 5.95 Å². The maximum absolute atomic E-state index is 5.14. The fourth-order valence-corrected chi connectivity index (χ4v) is 2.19. The van der Waals surface area contributed by atoms with E-state index >= 15 is 0 Å². The molecule has 19 heavy (non-hydrogen) atoms. The number of nitrogens with zero attached hydrogens (tertiary/aromatic N) is 2. The number of nitrogens with two attached hydrogens (primary N) is 1. The van der Waals surface area contributed by atoms with Crippen LogP contribution >= 0.6 is 0 Å². The van der Waals surface area contributed by atoms with Crippen molar-refractivity contribution in [1.29, 1.82) is 0 Å². The third kappa shape index (κ3) is 4.67. The normalized spacial score (nSPS) is 15.4. The third-order valence-electron chi connectivity index (χ3n) is 3.20. The smallest absolute Gasteiger partial charge is 0.219 e. The molecule has 1 fully saturated rings. The first-order valence-electron chi connectivity index (χ1n) is 6.64. The lowest BCUT2D eigenvalue weighted by atomic mass is 9.90. The summed E-state index contributed by atoms with van der Waals surface area (Å²) in [6.07, 6.45) is 5.79. The van der Waals surface area contributed by atoms with Gasteiger partial charge in [-0.3, -0.25) is 0 Å². The van der Waals surface area contributed by atoms with Crippen LogP contribution in [-0.4, -0.2) is 23.1 Å². The van der Waals surface area contributed by atoms with E-state index in [1.54, 1.807) is 18.5 Å². The van der Waals surface area contributed by atoms with Gasteiger partial charge in [0.15, 0.2) is 0 Å². The van der Waals surface area contributed by atoms with Crippen LogP contribution in [0.2, 0.25) is 0 Å². The topological polar surface area (TPSA) is 63.8 Å². The molecule has 1 aromatic heterocycles. The van der Waals surface area contributed by atoms with E-state index in [4.69, 9.17) is 5.73 Å². The van der Waals surface area contributed by atoms with Gasteiger partial charge in [-0.25, -0.2) is 9.97 Å². The maximum Gasteiger partial charge on any atom is 0.219 e. The van der Waals surface area contributed by atoms with Crippen LogP contribution in [-0.2, 0) is 0 Å².